The predicted octanol–water partition coefficient (Wildman–Crippen LogP) is 3.31. The highest BCUT2D eigenvalue weighted by atomic mass is 35.5. The molecule has 11 heteroatoms. The molecule has 0 aromatic carbocycles. The van der Waals surface area contributed by atoms with Crippen LogP contribution < -0.4 is 11.1 Å². The van der Waals surface area contributed by atoms with E-state index in [4.69, 9.17) is 22.1 Å². The molecule has 1 amide bonds. The number of anilines is 1. The number of hydrogen-bond donors (Lipinski definition) is 2. The minimum absolute atomic E-state index is 0.122. The van der Waals surface area contributed by atoms with Gasteiger partial charge in [-0.15, -0.1) is 0 Å². The van der Waals surface area contributed by atoms with Crippen molar-refractivity contribution in [3.63, 3.8) is 0 Å². The summed E-state index contributed by atoms with van der Waals surface area (Å²) in [5.41, 5.74) is 2.09. The van der Waals surface area contributed by atoms with Crippen molar-refractivity contribution in [2.24, 2.45) is 10.7 Å². The number of ether oxygens (including phenoxy) is 1. The summed E-state index contributed by atoms with van der Waals surface area (Å²) in [7, 11) is 0. The molecule has 2 aromatic rings. The molecular formula is C18H17ClF3N5O2. The van der Waals surface area contributed by atoms with Gasteiger partial charge in [0.05, 0.1) is 17.3 Å². The van der Waals surface area contributed by atoms with Gasteiger partial charge in [-0.2, -0.15) is 13.2 Å². The zero-order chi connectivity index (χ0) is 21.4. The molecule has 0 spiro atoms. The lowest BCUT2D eigenvalue weighted by Crippen LogP contribution is -2.60. The van der Waals surface area contributed by atoms with Crippen LogP contribution in [0.3, 0.4) is 0 Å². The Morgan fingerprint density at radius 2 is 2.00 bits per heavy atom. The number of amidine groups is 1. The minimum Gasteiger partial charge on any atom is -0.385 e. The molecule has 0 bridgehead atoms. The second-order valence-corrected chi connectivity index (χ2v) is 7.25. The van der Waals surface area contributed by atoms with Crippen molar-refractivity contribution in [3.8, 4) is 0 Å². The van der Waals surface area contributed by atoms with Gasteiger partial charge in [0, 0.05) is 6.20 Å². The number of halogens is 4. The number of carbonyl (C=O) groups is 1. The molecule has 154 valence electrons. The number of nitrogens with two attached hydrogens (primary N) is 1. The Labute approximate surface area is 169 Å². The van der Waals surface area contributed by atoms with E-state index in [1.165, 1.54) is 24.4 Å². The van der Waals surface area contributed by atoms with E-state index in [0.717, 1.165) is 6.92 Å². The fraction of sp³-hybridized carbons (Fsp3) is 0.333. The largest absolute Gasteiger partial charge is 0.424 e. The van der Waals surface area contributed by atoms with Gasteiger partial charge in [0.25, 0.3) is 5.91 Å². The first-order valence-corrected chi connectivity index (χ1v) is 8.79. The van der Waals surface area contributed by atoms with Crippen molar-refractivity contribution >= 4 is 29.2 Å². The summed E-state index contributed by atoms with van der Waals surface area (Å²) in [4.78, 5) is 24.5. The van der Waals surface area contributed by atoms with Gasteiger partial charge in [-0.3, -0.25) is 9.79 Å². The van der Waals surface area contributed by atoms with Crippen molar-refractivity contribution in [1.82, 2.24) is 9.97 Å². The molecule has 0 fully saturated rings. The Bertz CT molecular complexity index is 967. The van der Waals surface area contributed by atoms with Crippen LogP contribution in [0.5, 0.6) is 0 Å². The third-order valence-electron chi connectivity index (χ3n) is 4.54. The lowest BCUT2D eigenvalue weighted by atomic mass is 9.93. The molecule has 29 heavy (non-hydrogen) atoms. The number of aromatic nitrogens is 2. The van der Waals surface area contributed by atoms with Crippen LogP contribution in [-0.2, 0) is 10.3 Å². The molecule has 3 rings (SSSR count). The molecule has 1 aliphatic rings. The molecule has 0 saturated carbocycles. The van der Waals surface area contributed by atoms with E-state index >= 15 is 0 Å². The maximum Gasteiger partial charge on any atom is 0.424 e. The molecule has 0 saturated heterocycles. The van der Waals surface area contributed by atoms with Gasteiger partial charge in [0.15, 0.2) is 0 Å². The van der Waals surface area contributed by atoms with Crippen LogP contribution >= 0.6 is 11.6 Å². The summed E-state index contributed by atoms with van der Waals surface area (Å²) < 4.78 is 44.9. The highest BCUT2D eigenvalue weighted by molar-refractivity contribution is 6.30. The Hall–Kier alpha value is -2.72. The number of amides is 1. The van der Waals surface area contributed by atoms with E-state index in [2.05, 4.69) is 20.3 Å². The smallest absolute Gasteiger partial charge is 0.385 e. The number of rotatable bonds is 3. The number of hydrogen-bond acceptors (Lipinski definition) is 6. The van der Waals surface area contributed by atoms with Crippen molar-refractivity contribution in [3.05, 3.63) is 52.9 Å². The molecule has 3 N–H and O–H groups in total. The summed E-state index contributed by atoms with van der Waals surface area (Å²) in [5, 5.41) is 2.95. The van der Waals surface area contributed by atoms with Gasteiger partial charge >= 0.3 is 6.18 Å². The molecule has 2 aromatic heterocycles. The molecule has 0 aliphatic carbocycles. The number of nitrogens with zero attached hydrogens (tertiary/aromatic N) is 3. The van der Waals surface area contributed by atoms with Crippen LogP contribution in [0.1, 0.15) is 30.0 Å². The highest BCUT2D eigenvalue weighted by Crippen LogP contribution is 2.40. The third kappa shape index (κ3) is 4.03. The number of nitrogens with one attached hydrogen (secondary N) is 1. The van der Waals surface area contributed by atoms with Crippen LogP contribution in [0.2, 0.25) is 5.02 Å². The van der Waals surface area contributed by atoms with Gasteiger partial charge in [-0.1, -0.05) is 17.7 Å². The molecule has 1 aliphatic heterocycles. The SMILES string of the molecule is C[C@@]1(c2cccc(NC(=O)c3ccc(Cl)cn3)n2)CO[C@@](C)(C(F)(F)F)C(N)=N1. The molecular weight excluding hydrogens is 411 g/mol. The lowest BCUT2D eigenvalue weighted by molar-refractivity contribution is -0.249. The fourth-order valence-corrected chi connectivity index (χ4v) is 2.73. The third-order valence-corrected chi connectivity index (χ3v) is 4.76. The van der Waals surface area contributed by atoms with Gasteiger partial charge in [0.1, 0.15) is 22.9 Å². The summed E-state index contributed by atoms with van der Waals surface area (Å²) in [6, 6.07) is 7.63. The van der Waals surface area contributed by atoms with Gasteiger partial charge in [-0.25, -0.2) is 9.97 Å². The van der Waals surface area contributed by atoms with Crippen LogP contribution in [0.25, 0.3) is 0 Å². The first-order chi connectivity index (χ1) is 13.4. The van der Waals surface area contributed by atoms with Crippen LogP contribution in [0.4, 0.5) is 19.0 Å². The van der Waals surface area contributed by atoms with E-state index in [0.29, 0.717) is 5.02 Å². The number of pyridine rings is 2. The predicted molar refractivity (Wildman–Crippen MR) is 101 cm³/mol. The van der Waals surface area contributed by atoms with Crippen LogP contribution in [0, 0.1) is 0 Å². The zero-order valence-corrected chi connectivity index (χ0v) is 16.2. The molecule has 7 nitrogen and oxygen atoms in total. The summed E-state index contributed by atoms with van der Waals surface area (Å²) in [6.07, 6.45) is -3.38. The quantitative estimate of drug-likeness (QED) is 0.782. The number of aliphatic imine (C=N–C) groups is 1. The molecule has 3 heterocycles. The molecule has 2 atom stereocenters. The highest BCUT2D eigenvalue weighted by Gasteiger charge is 2.59. The van der Waals surface area contributed by atoms with E-state index in [1.807, 2.05) is 0 Å². The van der Waals surface area contributed by atoms with Crippen LogP contribution in [-0.4, -0.2) is 40.1 Å². The minimum atomic E-state index is -4.71. The van der Waals surface area contributed by atoms with Crippen molar-refractivity contribution in [2.75, 3.05) is 11.9 Å². The van der Waals surface area contributed by atoms with E-state index in [-0.39, 0.29) is 17.2 Å². The number of carbonyl (C=O) groups excluding carboxylic acids is 1. The summed E-state index contributed by atoms with van der Waals surface area (Å²) >= 11 is 5.75. The fourth-order valence-electron chi connectivity index (χ4n) is 2.62. The van der Waals surface area contributed by atoms with Gasteiger partial charge < -0.3 is 15.8 Å². The maximum absolute atomic E-state index is 13.3. The molecule has 0 radical (unpaired) electrons. The van der Waals surface area contributed by atoms with Gasteiger partial charge in [-0.05, 0) is 38.1 Å². The lowest BCUT2D eigenvalue weighted by Gasteiger charge is -2.40. The second kappa shape index (κ2) is 7.27. The zero-order valence-electron chi connectivity index (χ0n) is 15.4. The Morgan fingerprint density at radius 3 is 2.59 bits per heavy atom. The van der Waals surface area contributed by atoms with E-state index in [9.17, 15) is 18.0 Å². The first kappa shape index (κ1) is 21.0. The summed E-state index contributed by atoms with van der Waals surface area (Å²) in [6.45, 7) is 1.98. The van der Waals surface area contributed by atoms with Crippen molar-refractivity contribution in [2.45, 2.75) is 31.2 Å². The standard InChI is InChI=1S/C18H17ClF3N5O2/c1-16(9-29-17(2,15(23)27-16)18(20,21)22)12-4-3-5-13(25-12)26-14(28)11-7-6-10(19)8-24-11/h3-8H,9H2,1-2H3,(H2,23,27)(H,25,26,28)/t16-,17+/m0/s1. The number of alkyl halides is 3. The van der Waals surface area contributed by atoms with E-state index < -0.39 is 35.7 Å². The summed E-state index contributed by atoms with van der Waals surface area (Å²) in [5.74, 6) is -1.05. The maximum atomic E-state index is 13.3. The van der Waals surface area contributed by atoms with Crippen LogP contribution in [0.15, 0.2) is 41.5 Å². The monoisotopic (exact) mass is 427 g/mol. The van der Waals surface area contributed by atoms with Crippen molar-refractivity contribution in [1.29, 1.82) is 0 Å². The molecule has 0 unspecified atom stereocenters. The second-order valence-electron chi connectivity index (χ2n) is 6.81. The average Bonchev–Trinajstić information content (AvgIpc) is 2.65. The normalized spacial score (nSPS) is 24.7. The Morgan fingerprint density at radius 1 is 1.28 bits per heavy atom. The van der Waals surface area contributed by atoms with E-state index in [1.54, 1.807) is 19.1 Å². The van der Waals surface area contributed by atoms with Crippen molar-refractivity contribution < 1.29 is 22.7 Å². The Balaban J connectivity index is 1.86. The average molecular weight is 428 g/mol. The first-order valence-electron chi connectivity index (χ1n) is 8.41. The Kier molecular flexibility index (Phi) is 5.26. The topological polar surface area (TPSA) is 102 Å². The van der Waals surface area contributed by atoms with Gasteiger partial charge in [0.2, 0.25) is 5.60 Å².